The Morgan fingerprint density at radius 3 is 2.56 bits per heavy atom. The van der Waals surface area contributed by atoms with Crippen LogP contribution >= 0.6 is 11.3 Å². The van der Waals surface area contributed by atoms with Gasteiger partial charge in [-0.3, -0.25) is 9.59 Å². The zero-order valence-electron chi connectivity index (χ0n) is 17.5. The Kier molecular flexibility index (Phi) is 6.60. The molecule has 32 heavy (non-hydrogen) atoms. The number of carbonyl (C=O) groups is 3. The number of carbonyl (C=O) groups excluding carboxylic acids is 3. The lowest BCUT2D eigenvalue weighted by Crippen LogP contribution is -2.52. The lowest BCUT2D eigenvalue weighted by molar-refractivity contribution is -0.128. The fraction of sp³-hybridized carbons (Fsp3) is 0.318. The minimum Gasteiger partial charge on any atom is -0.454 e. The van der Waals surface area contributed by atoms with Gasteiger partial charge in [0.15, 0.2) is 11.5 Å². The second kappa shape index (κ2) is 9.73. The van der Waals surface area contributed by atoms with E-state index in [1.807, 2.05) is 0 Å². The van der Waals surface area contributed by atoms with E-state index in [4.69, 9.17) is 14.2 Å². The smallest absolute Gasteiger partial charge is 0.409 e. The second-order valence-electron chi connectivity index (χ2n) is 7.08. The maximum Gasteiger partial charge on any atom is 0.409 e. The van der Waals surface area contributed by atoms with Crippen molar-refractivity contribution in [2.75, 3.05) is 39.6 Å². The first-order chi connectivity index (χ1) is 15.5. The van der Waals surface area contributed by atoms with Gasteiger partial charge in [0.25, 0.3) is 11.8 Å². The summed E-state index contributed by atoms with van der Waals surface area (Å²) in [6, 6.07) is 8.77. The molecule has 1 saturated heterocycles. The van der Waals surface area contributed by atoms with E-state index in [2.05, 4.69) is 5.32 Å². The highest BCUT2D eigenvalue weighted by molar-refractivity contribution is 7.12. The summed E-state index contributed by atoms with van der Waals surface area (Å²) in [6.45, 7) is 3.60. The van der Waals surface area contributed by atoms with Gasteiger partial charge in [-0.2, -0.15) is 0 Å². The van der Waals surface area contributed by atoms with Crippen molar-refractivity contribution < 1.29 is 28.6 Å². The molecular formula is C22H23N3O6S. The molecule has 2 aliphatic rings. The third kappa shape index (κ3) is 4.86. The Bertz CT molecular complexity index is 1030. The van der Waals surface area contributed by atoms with E-state index in [-0.39, 0.29) is 30.4 Å². The summed E-state index contributed by atoms with van der Waals surface area (Å²) in [6.07, 6.45) is 1.23. The lowest BCUT2D eigenvalue weighted by atomic mass is 10.1. The number of benzene rings is 1. The van der Waals surface area contributed by atoms with Crippen LogP contribution in [0.2, 0.25) is 0 Å². The van der Waals surface area contributed by atoms with Crippen LogP contribution in [0.5, 0.6) is 11.5 Å². The summed E-state index contributed by atoms with van der Waals surface area (Å²) in [7, 11) is 0. The van der Waals surface area contributed by atoms with E-state index in [0.717, 1.165) is 0 Å². The third-order valence-corrected chi connectivity index (χ3v) is 5.89. The highest BCUT2D eigenvalue weighted by atomic mass is 32.1. The van der Waals surface area contributed by atoms with Crippen LogP contribution in [0.1, 0.15) is 22.2 Å². The molecule has 9 nitrogen and oxygen atoms in total. The van der Waals surface area contributed by atoms with E-state index in [1.165, 1.54) is 11.3 Å². The van der Waals surface area contributed by atoms with Crippen molar-refractivity contribution in [3.05, 3.63) is 51.8 Å². The van der Waals surface area contributed by atoms with E-state index in [1.54, 1.807) is 58.5 Å². The van der Waals surface area contributed by atoms with E-state index in [0.29, 0.717) is 54.7 Å². The van der Waals surface area contributed by atoms with Crippen LogP contribution in [-0.2, 0) is 9.53 Å². The molecule has 1 fully saturated rings. The maximum absolute atomic E-state index is 13.3. The van der Waals surface area contributed by atoms with Crippen molar-refractivity contribution >= 4 is 35.3 Å². The zero-order chi connectivity index (χ0) is 22.5. The van der Waals surface area contributed by atoms with Crippen LogP contribution < -0.4 is 14.8 Å². The SMILES string of the molecule is CCOC(=O)N1CCN(C(=O)/C(=C/c2ccc3c(c2)OCO3)NC(=O)c2cccs2)CC1. The molecule has 0 radical (unpaired) electrons. The maximum atomic E-state index is 13.3. The quantitative estimate of drug-likeness (QED) is 0.693. The van der Waals surface area contributed by atoms with Crippen molar-refractivity contribution in [2.24, 2.45) is 0 Å². The van der Waals surface area contributed by atoms with E-state index in [9.17, 15) is 14.4 Å². The van der Waals surface area contributed by atoms with Crippen LogP contribution in [0.25, 0.3) is 6.08 Å². The zero-order valence-corrected chi connectivity index (χ0v) is 18.4. The first kappa shape index (κ1) is 21.7. The molecule has 2 aliphatic heterocycles. The Balaban J connectivity index is 1.53. The van der Waals surface area contributed by atoms with Crippen molar-refractivity contribution in [2.45, 2.75) is 6.92 Å². The molecule has 0 atom stereocenters. The van der Waals surface area contributed by atoms with E-state index >= 15 is 0 Å². The van der Waals surface area contributed by atoms with Gasteiger partial charge < -0.3 is 29.3 Å². The molecule has 1 aromatic carbocycles. The number of thiophene rings is 1. The molecule has 0 spiro atoms. The molecule has 3 amide bonds. The van der Waals surface area contributed by atoms with Gasteiger partial charge in [0.05, 0.1) is 11.5 Å². The van der Waals surface area contributed by atoms with Gasteiger partial charge >= 0.3 is 6.09 Å². The molecular weight excluding hydrogens is 434 g/mol. The first-order valence-corrected chi connectivity index (χ1v) is 11.1. The number of hydrogen-bond donors (Lipinski definition) is 1. The van der Waals surface area contributed by atoms with Crippen molar-refractivity contribution in [1.29, 1.82) is 0 Å². The topological polar surface area (TPSA) is 97.4 Å². The van der Waals surface area contributed by atoms with Crippen molar-refractivity contribution in [3.63, 3.8) is 0 Å². The van der Waals surface area contributed by atoms with Gasteiger partial charge in [-0.15, -0.1) is 11.3 Å². The molecule has 0 saturated carbocycles. The van der Waals surface area contributed by atoms with Gasteiger partial charge in [0, 0.05) is 26.2 Å². The Hall–Kier alpha value is -3.53. The second-order valence-corrected chi connectivity index (χ2v) is 8.03. The normalized spacial score (nSPS) is 15.5. The predicted octanol–water partition coefficient (Wildman–Crippen LogP) is 2.55. The van der Waals surface area contributed by atoms with Crippen LogP contribution in [0.3, 0.4) is 0 Å². The molecule has 0 unspecified atom stereocenters. The van der Waals surface area contributed by atoms with Crippen LogP contribution in [0.4, 0.5) is 4.79 Å². The third-order valence-electron chi connectivity index (χ3n) is 5.02. The standard InChI is InChI=1S/C22H23N3O6S/c1-2-29-22(28)25-9-7-24(8-10-25)21(27)16(23-20(26)19-4-3-11-32-19)12-15-5-6-17-18(13-15)31-14-30-17/h3-6,11-13H,2,7-10,14H2,1H3,(H,23,26)/b16-12-. The van der Waals surface area contributed by atoms with Crippen LogP contribution in [0, 0.1) is 0 Å². The summed E-state index contributed by atoms with van der Waals surface area (Å²) in [5.74, 6) is 0.535. The van der Waals surface area contributed by atoms with Crippen molar-refractivity contribution in [1.82, 2.24) is 15.1 Å². The molecule has 1 aromatic heterocycles. The largest absolute Gasteiger partial charge is 0.454 e. The number of amides is 3. The van der Waals surface area contributed by atoms with Gasteiger partial charge in [-0.05, 0) is 42.1 Å². The first-order valence-electron chi connectivity index (χ1n) is 10.2. The molecule has 2 aromatic rings. The van der Waals surface area contributed by atoms with Gasteiger partial charge in [0.2, 0.25) is 6.79 Å². The number of nitrogens with zero attached hydrogens (tertiary/aromatic N) is 2. The number of hydrogen-bond acceptors (Lipinski definition) is 7. The molecule has 0 bridgehead atoms. The van der Waals surface area contributed by atoms with Crippen LogP contribution in [0.15, 0.2) is 41.4 Å². The number of rotatable bonds is 5. The Morgan fingerprint density at radius 2 is 1.84 bits per heavy atom. The molecule has 3 heterocycles. The van der Waals surface area contributed by atoms with E-state index < -0.39 is 0 Å². The van der Waals surface area contributed by atoms with Crippen molar-refractivity contribution in [3.8, 4) is 11.5 Å². The minimum absolute atomic E-state index is 0.145. The molecule has 10 heteroatoms. The Labute approximate surface area is 189 Å². The molecule has 0 aliphatic carbocycles. The molecule has 1 N–H and O–H groups in total. The number of piperazine rings is 1. The molecule has 168 valence electrons. The van der Waals surface area contributed by atoms with Gasteiger partial charge in [0.1, 0.15) is 5.70 Å². The summed E-state index contributed by atoms with van der Waals surface area (Å²) in [4.78, 5) is 41.6. The summed E-state index contributed by atoms with van der Waals surface area (Å²) in [5, 5.41) is 4.55. The predicted molar refractivity (Wildman–Crippen MR) is 118 cm³/mol. The van der Waals surface area contributed by atoms with Gasteiger partial charge in [-0.1, -0.05) is 12.1 Å². The monoisotopic (exact) mass is 457 g/mol. The van der Waals surface area contributed by atoms with Crippen LogP contribution in [-0.4, -0.2) is 67.3 Å². The molecule has 4 rings (SSSR count). The fourth-order valence-electron chi connectivity index (χ4n) is 3.39. The fourth-order valence-corrected chi connectivity index (χ4v) is 4.01. The Morgan fingerprint density at radius 1 is 1.09 bits per heavy atom. The summed E-state index contributed by atoms with van der Waals surface area (Å²) < 4.78 is 15.8. The van der Waals surface area contributed by atoms with Gasteiger partial charge in [-0.25, -0.2) is 4.79 Å². The summed E-state index contributed by atoms with van der Waals surface area (Å²) in [5.41, 5.74) is 0.834. The summed E-state index contributed by atoms with van der Waals surface area (Å²) >= 11 is 1.29. The number of ether oxygens (including phenoxy) is 3. The highest BCUT2D eigenvalue weighted by Gasteiger charge is 2.28. The lowest BCUT2D eigenvalue weighted by Gasteiger charge is -2.34. The number of fused-ring (bicyclic) bond motifs is 1. The highest BCUT2D eigenvalue weighted by Crippen LogP contribution is 2.33. The minimum atomic E-state index is -0.387. The average Bonchev–Trinajstić information content (AvgIpc) is 3.50. The number of nitrogens with one attached hydrogen (secondary N) is 1. The average molecular weight is 458 g/mol.